The van der Waals surface area contributed by atoms with Gasteiger partial charge in [-0.05, 0) is 6.92 Å². The topological polar surface area (TPSA) is 35.0 Å². The van der Waals surface area contributed by atoms with E-state index in [-0.39, 0.29) is 6.15 Å². The summed E-state index contributed by atoms with van der Waals surface area (Å²) in [7, 11) is 0. The van der Waals surface area contributed by atoms with E-state index >= 15 is 0 Å². The molecule has 46 valence electrons. The Balaban J connectivity index is 0. The van der Waals surface area contributed by atoms with E-state index in [9.17, 15) is 0 Å². The summed E-state index contributed by atoms with van der Waals surface area (Å²) in [6.07, 6.45) is 5.45. The molecule has 0 bridgehead atoms. The van der Waals surface area contributed by atoms with Crippen molar-refractivity contribution in [2.75, 3.05) is 0 Å². The first-order valence-corrected chi connectivity index (χ1v) is 2.23. The molecule has 0 aliphatic carbocycles. The van der Waals surface area contributed by atoms with Crippen LogP contribution in [0.4, 0.5) is 0 Å². The highest BCUT2D eigenvalue weighted by Crippen LogP contribution is 1.90. The first-order valence-electron chi connectivity index (χ1n) is 2.23. The molecular weight excluding hydrogens is 98.1 g/mol. The molecule has 0 saturated carbocycles. The maximum absolute atomic E-state index is 3.56. The first kappa shape index (κ1) is 10.2. The molecule has 0 rings (SSSR count). The quantitative estimate of drug-likeness (QED) is 0.546. The molecule has 0 amide bonds. The van der Waals surface area contributed by atoms with Gasteiger partial charge in [0.2, 0.25) is 0 Å². The summed E-state index contributed by atoms with van der Waals surface area (Å²) < 4.78 is 0. The van der Waals surface area contributed by atoms with Gasteiger partial charge < -0.3 is 6.15 Å². The summed E-state index contributed by atoms with van der Waals surface area (Å²) in [6, 6.07) is 0. The molecule has 0 aromatic heterocycles. The van der Waals surface area contributed by atoms with E-state index in [0.717, 1.165) is 5.57 Å². The lowest BCUT2D eigenvalue weighted by molar-refractivity contribution is 1.54. The molecule has 0 atom stereocenters. The van der Waals surface area contributed by atoms with E-state index in [0.29, 0.717) is 0 Å². The molecule has 0 unspecified atom stereocenters. The van der Waals surface area contributed by atoms with Gasteiger partial charge in [-0.3, -0.25) is 0 Å². The Morgan fingerprint density at radius 3 is 2.00 bits per heavy atom. The number of hydrogen-bond donors (Lipinski definition) is 1. The van der Waals surface area contributed by atoms with Crippen molar-refractivity contribution >= 4 is 0 Å². The van der Waals surface area contributed by atoms with Gasteiger partial charge in [-0.25, -0.2) is 0 Å². The fourth-order valence-electron chi connectivity index (χ4n) is 0.254. The van der Waals surface area contributed by atoms with Gasteiger partial charge in [0.15, 0.2) is 0 Å². The van der Waals surface area contributed by atoms with Gasteiger partial charge in [0, 0.05) is 0 Å². The standard InChI is InChI=1S/C7H10.H3N/c1-4-6-7(3)5-2;/h4-6H,1-2H2,3H3;1H3/b7-6-;. The van der Waals surface area contributed by atoms with Crippen LogP contribution in [0.1, 0.15) is 6.92 Å². The van der Waals surface area contributed by atoms with Crippen LogP contribution in [0.25, 0.3) is 0 Å². The normalized spacial score (nSPS) is 9.38. The van der Waals surface area contributed by atoms with Crippen LogP contribution in [0.3, 0.4) is 0 Å². The van der Waals surface area contributed by atoms with Crippen molar-refractivity contribution in [3.8, 4) is 0 Å². The third-order valence-electron chi connectivity index (χ3n) is 0.703. The van der Waals surface area contributed by atoms with Crippen LogP contribution in [0, 0.1) is 0 Å². The Labute approximate surface area is 51.0 Å². The summed E-state index contributed by atoms with van der Waals surface area (Å²) in [5.74, 6) is 0. The zero-order chi connectivity index (χ0) is 5.70. The second kappa shape index (κ2) is 6.18. The molecule has 0 radical (unpaired) electrons. The third kappa shape index (κ3) is 5.18. The Bertz CT molecular complexity index is 101. The van der Waals surface area contributed by atoms with Crippen LogP contribution in [0.5, 0.6) is 0 Å². The lowest BCUT2D eigenvalue weighted by Gasteiger charge is -1.80. The summed E-state index contributed by atoms with van der Waals surface area (Å²) in [4.78, 5) is 0. The van der Waals surface area contributed by atoms with Crippen LogP contribution < -0.4 is 6.15 Å². The highest BCUT2D eigenvalue weighted by molar-refractivity contribution is 5.17. The van der Waals surface area contributed by atoms with Crippen molar-refractivity contribution in [3.63, 3.8) is 0 Å². The molecule has 0 aromatic carbocycles. The van der Waals surface area contributed by atoms with Crippen molar-refractivity contribution < 1.29 is 0 Å². The maximum Gasteiger partial charge on any atom is -0.0398 e. The Morgan fingerprint density at radius 2 is 1.88 bits per heavy atom. The molecular formula is C7H13N. The average Bonchev–Trinajstić information content (AvgIpc) is 1.68. The number of rotatable bonds is 2. The zero-order valence-corrected chi connectivity index (χ0v) is 5.35. The van der Waals surface area contributed by atoms with Crippen LogP contribution in [0.2, 0.25) is 0 Å². The van der Waals surface area contributed by atoms with Gasteiger partial charge in [-0.15, -0.1) is 0 Å². The Hall–Kier alpha value is -0.820. The Morgan fingerprint density at radius 1 is 1.38 bits per heavy atom. The van der Waals surface area contributed by atoms with E-state index in [1.54, 1.807) is 12.2 Å². The van der Waals surface area contributed by atoms with Crippen LogP contribution >= 0.6 is 0 Å². The SMILES string of the molecule is C=C/C=C(/C)C=C.N. The van der Waals surface area contributed by atoms with Gasteiger partial charge in [0.05, 0.1) is 0 Å². The average molecular weight is 111 g/mol. The minimum Gasteiger partial charge on any atom is -0.344 e. The van der Waals surface area contributed by atoms with Crippen molar-refractivity contribution in [2.24, 2.45) is 0 Å². The molecule has 0 saturated heterocycles. The smallest absolute Gasteiger partial charge is 0.0398 e. The third-order valence-corrected chi connectivity index (χ3v) is 0.703. The minimum absolute atomic E-state index is 0. The second-order valence-electron chi connectivity index (χ2n) is 1.35. The predicted molar refractivity (Wildman–Crippen MR) is 39.2 cm³/mol. The summed E-state index contributed by atoms with van der Waals surface area (Å²) in [5.41, 5.74) is 1.15. The number of allylic oxidation sites excluding steroid dienone is 4. The van der Waals surface area contributed by atoms with Gasteiger partial charge >= 0.3 is 0 Å². The van der Waals surface area contributed by atoms with Gasteiger partial charge in [-0.1, -0.05) is 37.0 Å². The van der Waals surface area contributed by atoms with Crippen LogP contribution in [-0.4, -0.2) is 0 Å². The summed E-state index contributed by atoms with van der Waals surface area (Å²) in [5, 5.41) is 0. The molecule has 0 aliphatic heterocycles. The summed E-state index contributed by atoms with van der Waals surface area (Å²) in [6.45, 7) is 9.07. The lowest BCUT2D eigenvalue weighted by Crippen LogP contribution is -1.58. The highest BCUT2D eigenvalue weighted by Gasteiger charge is 1.68. The fraction of sp³-hybridized carbons (Fsp3) is 0.143. The van der Waals surface area contributed by atoms with Crippen molar-refractivity contribution in [1.29, 1.82) is 0 Å². The molecule has 3 N–H and O–H groups in total. The molecule has 8 heavy (non-hydrogen) atoms. The second-order valence-corrected chi connectivity index (χ2v) is 1.35. The van der Waals surface area contributed by atoms with E-state index in [1.807, 2.05) is 13.0 Å². The van der Waals surface area contributed by atoms with E-state index in [2.05, 4.69) is 13.2 Å². The zero-order valence-electron chi connectivity index (χ0n) is 5.35. The van der Waals surface area contributed by atoms with E-state index in [1.165, 1.54) is 0 Å². The van der Waals surface area contributed by atoms with Crippen molar-refractivity contribution in [3.05, 3.63) is 37.0 Å². The maximum atomic E-state index is 3.56. The largest absolute Gasteiger partial charge is 0.344 e. The molecule has 0 fully saturated rings. The first-order chi connectivity index (χ1) is 3.31. The van der Waals surface area contributed by atoms with Gasteiger partial charge in [0.25, 0.3) is 0 Å². The van der Waals surface area contributed by atoms with E-state index in [4.69, 9.17) is 0 Å². The van der Waals surface area contributed by atoms with Gasteiger partial charge in [0.1, 0.15) is 0 Å². The minimum atomic E-state index is 0. The monoisotopic (exact) mass is 111 g/mol. The van der Waals surface area contributed by atoms with Gasteiger partial charge in [-0.2, -0.15) is 0 Å². The van der Waals surface area contributed by atoms with Crippen molar-refractivity contribution in [1.82, 2.24) is 6.15 Å². The Kier molecular flexibility index (Phi) is 7.89. The molecule has 1 heteroatoms. The molecule has 1 nitrogen and oxygen atoms in total. The van der Waals surface area contributed by atoms with Crippen LogP contribution in [-0.2, 0) is 0 Å². The van der Waals surface area contributed by atoms with E-state index < -0.39 is 0 Å². The highest BCUT2D eigenvalue weighted by atomic mass is 14.0. The molecule has 0 aliphatic rings. The lowest BCUT2D eigenvalue weighted by atomic mass is 10.3. The fourth-order valence-corrected chi connectivity index (χ4v) is 0.254. The number of hydrogen-bond acceptors (Lipinski definition) is 1. The summed E-state index contributed by atoms with van der Waals surface area (Å²) >= 11 is 0. The predicted octanol–water partition coefficient (Wildman–Crippen LogP) is 2.47. The molecule has 0 heterocycles. The molecule has 0 aromatic rings. The van der Waals surface area contributed by atoms with Crippen molar-refractivity contribution in [2.45, 2.75) is 6.92 Å². The molecule has 0 spiro atoms. The van der Waals surface area contributed by atoms with Crippen LogP contribution in [0.15, 0.2) is 37.0 Å².